The summed E-state index contributed by atoms with van der Waals surface area (Å²) in [6.07, 6.45) is 2.73. The monoisotopic (exact) mass is 405 g/mol. The summed E-state index contributed by atoms with van der Waals surface area (Å²) in [7, 11) is 0. The summed E-state index contributed by atoms with van der Waals surface area (Å²) < 4.78 is 7.47. The van der Waals surface area contributed by atoms with Crippen LogP contribution in [0.4, 0.5) is 5.69 Å². The third-order valence-electron chi connectivity index (χ3n) is 4.87. The average Bonchev–Trinajstić information content (AvgIpc) is 3.09. The van der Waals surface area contributed by atoms with Gasteiger partial charge in [0.25, 0.3) is 5.91 Å². The molecule has 0 aliphatic carbocycles. The van der Waals surface area contributed by atoms with Gasteiger partial charge in [-0.3, -0.25) is 9.59 Å². The van der Waals surface area contributed by atoms with Gasteiger partial charge in [0.1, 0.15) is 12.4 Å². The van der Waals surface area contributed by atoms with Crippen LogP contribution in [0, 0.1) is 13.8 Å². The number of aryl methyl sites for hydroxylation is 3. The van der Waals surface area contributed by atoms with Crippen LogP contribution in [-0.4, -0.2) is 39.7 Å². The van der Waals surface area contributed by atoms with E-state index < -0.39 is 0 Å². The van der Waals surface area contributed by atoms with Gasteiger partial charge in [0.05, 0.1) is 17.8 Å². The maximum Gasteiger partial charge on any atom is 0.252 e. The summed E-state index contributed by atoms with van der Waals surface area (Å²) >= 11 is 0. The molecule has 0 bridgehead atoms. The fourth-order valence-corrected chi connectivity index (χ4v) is 3.39. The van der Waals surface area contributed by atoms with Crippen molar-refractivity contribution in [1.82, 2.24) is 20.1 Å². The van der Waals surface area contributed by atoms with Gasteiger partial charge in [0, 0.05) is 24.0 Å². The topological polar surface area (TPSA) is 98.1 Å². The van der Waals surface area contributed by atoms with Crippen molar-refractivity contribution in [2.45, 2.75) is 26.7 Å². The lowest BCUT2D eigenvalue weighted by molar-refractivity contribution is -0.116. The SMILES string of the molecule is Cc1cc(C)n(-c2ccc(C(=O)NCCOc3ccc4c(c3)CCC(=O)N4)cn2)n1. The Morgan fingerprint density at radius 3 is 2.80 bits per heavy atom. The lowest BCUT2D eigenvalue weighted by atomic mass is 10.0. The van der Waals surface area contributed by atoms with Crippen LogP contribution in [0.25, 0.3) is 5.82 Å². The normalized spacial score (nSPS) is 12.8. The maximum atomic E-state index is 12.3. The summed E-state index contributed by atoms with van der Waals surface area (Å²) in [6.45, 7) is 4.59. The summed E-state index contributed by atoms with van der Waals surface area (Å²) in [4.78, 5) is 28.1. The molecule has 3 aromatic rings. The minimum atomic E-state index is -0.209. The first kappa shape index (κ1) is 19.6. The fraction of sp³-hybridized carbons (Fsp3) is 0.273. The Morgan fingerprint density at radius 1 is 1.20 bits per heavy atom. The summed E-state index contributed by atoms with van der Waals surface area (Å²) in [5.41, 5.74) is 4.27. The number of nitrogens with one attached hydrogen (secondary N) is 2. The number of anilines is 1. The van der Waals surface area contributed by atoms with E-state index in [0.29, 0.717) is 37.4 Å². The van der Waals surface area contributed by atoms with Crippen molar-refractivity contribution in [1.29, 1.82) is 0 Å². The number of carbonyl (C=O) groups excluding carboxylic acids is 2. The van der Waals surface area contributed by atoms with Crippen molar-refractivity contribution in [3.05, 3.63) is 65.1 Å². The molecule has 1 aliphatic heterocycles. The standard InChI is InChI=1S/C22H23N5O3/c1-14-11-15(2)27(26-14)20-7-3-17(13-24-20)22(29)23-9-10-30-18-5-6-19-16(12-18)4-8-21(28)25-19/h3,5-7,11-13H,4,8-10H2,1-2H3,(H,23,29)(H,25,28). The lowest BCUT2D eigenvalue weighted by Gasteiger charge is -2.17. The number of carbonyl (C=O) groups is 2. The summed E-state index contributed by atoms with van der Waals surface area (Å²) in [5.74, 6) is 1.22. The maximum absolute atomic E-state index is 12.3. The lowest BCUT2D eigenvalue weighted by Crippen LogP contribution is -2.28. The Kier molecular flexibility index (Phi) is 5.47. The number of benzene rings is 1. The van der Waals surface area contributed by atoms with Crippen LogP contribution in [-0.2, 0) is 11.2 Å². The molecule has 0 unspecified atom stereocenters. The largest absolute Gasteiger partial charge is 0.492 e. The Hall–Kier alpha value is -3.68. The van der Waals surface area contributed by atoms with E-state index in [1.807, 2.05) is 38.1 Å². The minimum Gasteiger partial charge on any atom is -0.492 e. The van der Waals surface area contributed by atoms with Crippen molar-refractivity contribution >= 4 is 17.5 Å². The molecule has 154 valence electrons. The second kappa shape index (κ2) is 8.36. The fourth-order valence-electron chi connectivity index (χ4n) is 3.39. The number of ether oxygens (including phenoxy) is 1. The molecule has 30 heavy (non-hydrogen) atoms. The second-order valence-corrected chi connectivity index (χ2v) is 7.22. The van der Waals surface area contributed by atoms with E-state index in [2.05, 4.69) is 20.7 Å². The molecule has 3 heterocycles. The number of nitrogens with zero attached hydrogens (tertiary/aromatic N) is 3. The van der Waals surface area contributed by atoms with Gasteiger partial charge in [-0.05, 0) is 62.2 Å². The Balaban J connectivity index is 1.28. The molecule has 0 radical (unpaired) electrons. The quantitative estimate of drug-likeness (QED) is 0.614. The van der Waals surface area contributed by atoms with Crippen LogP contribution in [0.3, 0.4) is 0 Å². The molecule has 1 aliphatic rings. The number of aromatic nitrogens is 3. The first-order valence-corrected chi connectivity index (χ1v) is 9.83. The number of pyridine rings is 1. The highest BCUT2D eigenvalue weighted by molar-refractivity contribution is 5.94. The van der Waals surface area contributed by atoms with Crippen LogP contribution < -0.4 is 15.4 Å². The van der Waals surface area contributed by atoms with Crippen LogP contribution in [0.1, 0.15) is 33.7 Å². The van der Waals surface area contributed by atoms with Gasteiger partial charge in [-0.25, -0.2) is 9.67 Å². The van der Waals surface area contributed by atoms with E-state index in [4.69, 9.17) is 4.74 Å². The van der Waals surface area contributed by atoms with E-state index in [1.165, 1.54) is 0 Å². The van der Waals surface area contributed by atoms with Crippen LogP contribution in [0.5, 0.6) is 5.75 Å². The first-order valence-electron chi connectivity index (χ1n) is 9.83. The number of hydrogen-bond acceptors (Lipinski definition) is 5. The molecule has 8 heteroatoms. The molecule has 2 aromatic heterocycles. The molecule has 0 fully saturated rings. The van der Waals surface area contributed by atoms with E-state index in [-0.39, 0.29) is 11.8 Å². The van der Waals surface area contributed by atoms with E-state index in [1.54, 1.807) is 23.0 Å². The zero-order valence-electron chi connectivity index (χ0n) is 16.9. The molecular weight excluding hydrogens is 382 g/mol. The van der Waals surface area contributed by atoms with Crippen LogP contribution in [0.2, 0.25) is 0 Å². The number of rotatable bonds is 6. The molecule has 0 saturated carbocycles. The molecule has 8 nitrogen and oxygen atoms in total. The van der Waals surface area contributed by atoms with Gasteiger partial charge < -0.3 is 15.4 Å². The third kappa shape index (κ3) is 4.32. The first-order chi connectivity index (χ1) is 14.5. The smallest absolute Gasteiger partial charge is 0.252 e. The number of amides is 2. The van der Waals surface area contributed by atoms with E-state index in [0.717, 1.165) is 28.4 Å². The highest BCUT2D eigenvalue weighted by Gasteiger charge is 2.15. The van der Waals surface area contributed by atoms with Gasteiger partial charge in [0.15, 0.2) is 5.82 Å². The third-order valence-corrected chi connectivity index (χ3v) is 4.87. The molecule has 4 rings (SSSR count). The van der Waals surface area contributed by atoms with Crippen molar-refractivity contribution in [3.8, 4) is 11.6 Å². The minimum absolute atomic E-state index is 0.0382. The average molecular weight is 405 g/mol. The Labute approximate surface area is 174 Å². The summed E-state index contributed by atoms with van der Waals surface area (Å²) in [6, 6.07) is 11.1. The number of hydrogen-bond donors (Lipinski definition) is 2. The second-order valence-electron chi connectivity index (χ2n) is 7.22. The van der Waals surface area contributed by atoms with Crippen molar-refractivity contribution in [2.75, 3.05) is 18.5 Å². The number of fused-ring (bicyclic) bond motifs is 1. The van der Waals surface area contributed by atoms with Gasteiger partial charge in [-0.1, -0.05) is 0 Å². The molecular formula is C22H23N5O3. The van der Waals surface area contributed by atoms with Crippen LogP contribution >= 0.6 is 0 Å². The van der Waals surface area contributed by atoms with Crippen molar-refractivity contribution in [2.24, 2.45) is 0 Å². The predicted octanol–water partition coefficient (Wildman–Crippen LogP) is 2.58. The van der Waals surface area contributed by atoms with Gasteiger partial charge in [-0.2, -0.15) is 5.10 Å². The zero-order valence-corrected chi connectivity index (χ0v) is 16.9. The van der Waals surface area contributed by atoms with E-state index >= 15 is 0 Å². The molecule has 0 atom stereocenters. The van der Waals surface area contributed by atoms with Crippen molar-refractivity contribution < 1.29 is 14.3 Å². The molecule has 2 N–H and O–H groups in total. The van der Waals surface area contributed by atoms with Crippen LogP contribution in [0.15, 0.2) is 42.6 Å². The zero-order chi connectivity index (χ0) is 21.1. The summed E-state index contributed by atoms with van der Waals surface area (Å²) in [5, 5.41) is 10.1. The molecule has 0 saturated heterocycles. The molecule has 1 aromatic carbocycles. The van der Waals surface area contributed by atoms with Crippen molar-refractivity contribution in [3.63, 3.8) is 0 Å². The predicted molar refractivity (Wildman–Crippen MR) is 112 cm³/mol. The van der Waals surface area contributed by atoms with Gasteiger partial charge >= 0.3 is 0 Å². The van der Waals surface area contributed by atoms with Gasteiger partial charge in [0.2, 0.25) is 5.91 Å². The molecule has 2 amide bonds. The Morgan fingerprint density at radius 2 is 2.07 bits per heavy atom. The highest BCUT2D eigenvalue weighted by atomic mass is 16.5. The van der Waals surface area contributed by atoms with E-state index in [9.17, 15) is 9.59 Å². The molecule has 0 spiro atoms. The Bertz CT molecular complexity index is 1090. The van der Waals surface area contributed by atoms with Gasteiger partial charge in [-0.15, -0.1) is 0 Å². The highest BCUT2D eigenvalue weighted by Crippen LogP contribution is 2.26.